The van der Waals surface area contributed by atoms with E-state index >= 15 is 0 Å². The van der Waals surface area contributed by atoms with Gasteiger partial charge in [0.2, 0.25) is 5.91 Å². The van der Waals surface area contributed by atoms with Gasteiger partial charge in [-0.25, -0.2) is 0 Å². The van der Waals surface area contributed by atoms with Gasteiger partial charge in [0.05, 0.1) is 5.25 Å². The van der Waals surface area contributed by atoms with Gasteiger partial charge in [0.1, 0.15) is 5.01 Å². The van der Waals surface area contributed by atoms with E-state index in [0.717, 1.165) is 21.5 Å². The van der Waals surface area contributed by atoms with Crippen molar-refractivity contribution in [3.8, 4) is 0 Å². The van der Waals surface area contributed by atoms with Gasteiger partial charge in [0, 0.05) is 5.69 Å². The third kappa shape index (κ3) is 4.30. The van der Waals surface area contributed by atoms with E-state index in [0.29, 0.717) is 5.92 Å². The second-order valence-corrected chi connectivity index (χ2v) is 8.00. The molecule has 1 amide bonds. The van der Waals surface area contributed by atoms with E-state index in [1.165, 1.54) is 28.7 Å². The van der Waals surface area contributed by atoms with Crippen molar-refractivity contribution in [2.24, 2.45) is 0 Å². The molecule has 0 saturated heterocycles. The van der Waals surface area contributed by atoms with Crippen molar-refractivity contribution in [3.63, 3.8) is 0 Å². The summed E-state index contributed by atoms with van der Waals surface area (Å²) < 4.78 is 0.829. The lowest BCUT2D eigenvalue weighted by Crippen LogP contribution is -2.23. The number of amides is 1. The van der Waals surface area contributed by atoms with Crippen molar-refractivity contribution < 1.29 is 4.79 Å². The van der Waals surface area contributed by atoms with Crippen molar-refractivity contribution in [2.45, 2.75) is 49.6 Å². The SMILES string of the molecule is CC[C@@H](C)c1ccccc1NC(=O)[C@H](C)Sc1nnc(C)s1. The maximum Gasteiger partial charge on any atom is 0.237 e. The molecular formula is C16H21N3OS2. The summed E-state index contributed by atoms with van der Waals surface area (Å²) in [5.74, 6) is 0.416. The number of benzene rings is 1. The Kier molecular flexibility index (Phi) is 5.97. The molecule has 0 aliphatic carbocycles. The predicted molar refractivity (Wildman–Crippen MR) is 93.7 cm³/mol. The number of anilines is 1. The van der Waals surface area contributed by atoms with E-state index in [1.807, 2.05) is 32.0 Å². The molecule has 2 rings (SSSR count). The molecule has 0 radical (unpaired) electrons. The number of hydrogen-bond donors (Lipinski definition) is 1. The predicted octanol–water partition coefficient (Wildman–Crippen LogP) is 4.48. The summed E-state index contributed by atoms with van der Waals surface area (Å²) in [6.07, 6.45) is 1.04. The topological polar surface area (TPSA) is 54.9 Å². The molecule has 0 saturated carbocycles. The summed E-state index contributed by atoms with van der Waals surface area (Å²) in [5, 5.41) is 11.8. The van der Waals surface area contributed by atoms with Gasteiger partial charge in [-0.3, -0.25) is 4.79 Å². The van der Waals surface area contributed by atoms with Gasteiger partial charge in [-0.05, 0) is 37.8 Å². The summed E-state index contributed by atoms with van der Waals surface area (Å²) in [4.78, 5) is 12.4. The number of carbonyl (C=O) groups excluding carboxylic acids is 1. The smallest absolute Gasteiger partial charge is 0.237 e. The first-order valence-electron chi connectivity index (χ1n) is 7.37. The lowest BCUT2D eigenvalue weighted by atomic mass is 9.97. The van der Waals surface area contributed by atoms with Gasteiger partial charge < -0.3 is 5.32 Å². The fourth-order valence-corrected chi connectivity index (χ4v) is 3.99. The Hall–Kier alpha value is -1.40. The molecule has 4 nitrogen and oxygen atoms in total. The molecule has 0 aliphatic heterocycles. The summed E-state index contributed by atoms with van der Waals surface area (Å²) in [6.45, 7) is 8.13. The molecule has 1 aromatic heterocycles. The van der Waals surface area contributed by atoms with Crippen LogP contribution in [-0.2, 0) is 4.79 Å². The van der Waals surface area contributed by atoms with Crippen LogP contribution < -0.4 is 5.32 Å². The number of hydrogen-bond acceptors (Lipinski definition) is 5. The van der Waals surface area contributed by atoms with Crippen molar-refractivity contribution in [1.82, 2.24) is 10.2 Å². The first kappa shape index (κ1) is 17.0. The molecule has 22 heavy (non-hydrogen) atoms. The first-order valence-corrected chi connectivity index (χ1v) is 9.07. The van der Waals surface area contributed by atoms with Crippen molar-refractivity contribution in [2.75, 3.05) is 5.32 Å². The Morgan fingerprint density at radius 2 is 2.05 bits per heavy atom. The van der Waals surface area contributed by atoms with Gasteiger partial charge >= 0.3 is 0 Å². The Bertz CT molecular complexity index is 642. The Morgan fingerprint density at radius 3 is 2.68 bits per heavy atom. The van der Waals surface area contributed by atoms with Crippen molar-refractivity contribution in [1.29, 1.82) is 0 Å². The number of thioether (sulfide) groups is 1. The molecule has 118 valence electrons. The summed E-state index contributed by atoms with van der Waals surface area (Å²) in [7, 11) is 0. The number of nitrogens with one attached hydrogen (secondary N) is 1. The van der Waals surface area contributed by atoms with Crippen LogP contribution in [0.2, 0.25) is 0 Å². The molecule has 1 N–H and O–H groups in total. The van der Waals surface area contributed by atoms with E-state index in [1.54, 1.807) is 0 Å². The Morgan fingerprint density at radius 1 is 1.32 bits per heavy atom. The van der Waals surface area contributed by atoms with E-state index < -0.39 is 0 Å². The lowest BCUT2D eigenvalue weighted by molar-refractivity contribution is -0.115. The summed E-state index contributed by atoms with van der Waals surface area (Å²) in [6, 6.07) is 8.01. The van der Waals surface area contributed by atoms with E-state index in [-0.39, 0.29) is 11.2 Å². The first-order chi connectivity index (χ1) is 10.5. The van der Waals surface area contributed by atoms with Crippen molar-refractivity contribution in [3.05, 3.63) is 34.8 Å². The third-order valence-corrected chi connectivity index (χ3v) is 5.54. The van der Waals surface area contributed by atoms with Crippen LogP contribution in [0.15, 0.2) is 28.6 Å². The zero-order valence-electron chi connectivity index (χ0n) is 13.3. The highest BCUT2D eigenvalue weighted by molar-refractivity contribution is 8.02. The zero-order valence-corrected chi connectivity index (χ0v) is 14.9. The standard InChI is InChI=1S/C16H21N3OS2/c1-5-10(2)13-8-6-7-9-14(13)17-15(20)11(3)21-16-19-18-12(4)22-16/h6-11H,5H2,1-4H3,(H,17,20)/t10-,11+/m1/s1. The van der Waals surface area contributed by atoms with Gasteiger partial charge in [-0.2, -0.15) is 0 Å². The second kappa shape index (κ2) is 7.74. The van der Waals surface area contributed by atoms with Crippen LogP contribution in [0.4, 0.5) is 5.69 Å². The number of para-hydroxylation sites is 1. The van der Waals surface area contributed by atoms with E-state index in [4.69, 9.17) is 0 Å². The normalized spacial score (nSPS) is 13.6. The van der Waals surface area contributed by atoms with E-state index in [9.17, 15) is 4.79 Å². The minimum absolute atomic E-state index is 0.00592. The molecule has 2 aromatic rings. The highest BCUT2D eigenvalue weighted by Gasteiger charge is 2.18. The summed E-state index contributed by atoms with van der Waals surface area (Å²) >= 11 is 2.96. The van der Waals surface area contributed by atoms with Gasteiger partial charge in [-0.1, -0.05) is 55.1 Å². The Balaban J connectivity index is 2.05. The minimum atomic E-state index is -0.211. The monoisotopic (exact) mass is 335 g/mol. The van der Waals surface area contributed by atoms with Crippen LogP contribution in [0.5, 0.6) is 0 Å². The zero-order chi connectivity index (χ0) is 16.1. The fourth-order valence-electron chi connectivity index (χ4n) is 2.03. The number of rotatable bonds is 6. The molecule has 6 heteroatoms. The number of aryl methyl sites for hydroxylation is 1. The van der Waals surface area contributed by atoms with Crippen LogP contribution in [0, 0.1) is 6.92 Å². The maximum atomic E-state index is 12.4. The van der Waals surface area contributed by atoms with Crippen molar-refractivity contribution >= 4 is 34.7 Å². The van der Waals surface area contributed by atoms with Gasteiger partial charge in [0.25, 0.3) is 0 Å². The number of aromatic nitrogens is 2. The van der Waals surface area contributed by atoms with E-state index in [2.05, 4.69) is 35.4 Å². The molecule has 1 aromatic carbocycles. The minimum Gasteiger partial charge on any atom is -0.325 e. The molecule has 0 unspecified atom stereocenters. The molecule has 0 fully saturated rings. The number of nitrogens with zero attached hydrogens (tertiary/aromatic N) is 2. The second-order valence-electron chi connectivity index (χ2n) is 5.23. The van der Waals surface area contributed by atoms with Crippen LogP contribution in [0.25, 0.3) is 0 Å². The maximum absolute atomic E-state index is 12.4. The molecule has 0 aliphatic rings. The highest BCUT2D eigenvalue weighted by atomic mass is 32.2. The quantitative estimate of drug-likeness (QED) is 0.791. The number of carbonyl (C=O) groups is 1. The highest BCUT2D eigenvalue weighted by Crippen LogP contribution is 2.29. The third-order valence-electron chi connectivity index (χ3n) is 3.52. The molecule has 0 spiro atoms. The Labute approximate surface area is 139 Å². The molecule has 1 heterocycles. The molecule has 0 bridgehead atoms. The molecule has 2 atom stereocenters. The average molecular weight is 335 g/mol. The van der Waals surface area contributed by atoms with Crippen LogP contribution >= 0.6 is 23.1 Å². The average Bonchev–Trinajstić information content (AvgIpc) is 2.92. The fraction of sp³-hybridized carbons (Fsp3) is 0.438. The largest absolute Gasteiger partial charge is 0.325 e. The lowest BCUT2D eigenvalue weighted by Gasteiger charge is -2.17. The summed E-state index contributed by atoms with van der Waals surface area (Å²) in [5.41, 5.74) is 2.09. The van der Waals surface area contributed by atoms with Gasteiger partial charge in [0.15, 0.2) is 4.34 Å². The molecular weight excluding hydrogens is 314 g/mol. The van der Waals surface area contributed by atoms with Crippen LogP contribution in [0.3, 0.4) is 0 Å². The van der Waals surface area contributed by atoms with Crippen LogP contribution in [-0.4, -0.2) is 21.4 Å². The van der Waals surface area contributed by atoms with Gasteiger partial charge in [-0.15, -0.1) is 10.2 Å². The van der Waals surface area contributed by atoms with Crippen LogP contribution in [0.1, 0.15) is 43.7 Å².